The van der Waals surface area contributed by atoms with Crippen molar-refractivity contribution in [1.29, 1.82) is 0 Å². The van der Waals surface area contributed by atoms with Gasteiger partial charge in [0.15, 0.2) is 12.1 Å². The molecule has 1 aromatic heterocycles. The molecule has 2 aromatic rings. The minimum Gasteiger partial charge on any atom is -0.479 e. The maximum atomic E-state index is 12.9. The van der Waals surface area contributed by atoms with Crippen LogP contribution in [-0.4, -0.2) is 56.2 Å². The molecule has 0 spiro atoms. The van der Waals surface area contributed by atoms with Crippen LogP contribution in [0.25, 0.3) is 10.9 Å². The molecule has 0 fully saturated rings. The van der Waals surface area contributed by atoms with E-state index in [4.69, 9.17) is 18.5 Å². The minimum atomic E-state index is -3.74. The fourth-order valence-electron chi connectivity index (χ4n) is 3.29. The van der Waals surface area contributed by atoms with E-state index >= 15 is 0 Å². The van der Waals surface area contributed by atoms with Gasteiger partial charge in [0.05, 0.1) is 30.7 Å². The van der Waals surface area contributed by atoms with Gasteiger partial charge in [-0.1, -0.05) is 0 Å². The first-order valence-corrected chi connectivity index (χ1v) is 14.6. The number of Topliss-reactive ketones (excluding diaryl/α,β-unsaturated/α-hetero) is 1. The van der Waals surface area contributed by atoms with Crippen LogP contribution in [-0.2, 0) is 39.7 Å². The number of fused-ring (bicyclic) bond motifs is 1. The standard InChI is InChI=1S/C22H33N2O9PS/c1-8-31-34(27,32-9-2)14-30-20-11-19-16(10-18(20)23-35(7,28)29)17(15(3)25)12-24(19)13-21(26)33-22(4,5)6/h10-12,23H,8-9,13-14H2,1-7H3. The van der Waals surface area contributed by atoms with Gasteiger partial charge in [-0.2, -0.15) is 0 Å². The van der Waals surface area contributed by atoms with E-state index < -0.39 is 35.5 Å². The lowest BCUT2D eigenvalue weighted by molar-refractivity contribution is -0.155. The molecular weight excluding hydrogens is 499 g/mol. The molecule has 0 aliphatic carbocycles. The fourth-order valence-corrected chi connectivity index (χ4v) is 5.16. The summed E-state index contributed by atoms with van der Waals surface area (Å²) >= 11 is 0. The molecule has 0 amide bonds. The maximum Gasteiger partial charge on any atom is 0.367 e. The quantitative estimate of drug-likeness (QED) is 0.242. The number of nitrogens with zero attached hydrogens (tertiary/aromatic N) is 1. The van der Waals surface area contributed by atoms with Crippen LogP contribution >= 0.6 is 7.60 Å². The van der Waals surface area contributed by atoms with Crippen LogP contribution in [0, 0.1) is 0 Å². The highest BCUT2D eigenvalue weighted by molar-refractivity contribution is 7.92. The number of nitrogens with one attached hydrogen (secondary N) is 1. The Morgan fingerprint density at radius 3 is 2.20 bits per heavy atom. The van der Waals surface area contributed by atoms with Gasteiger partial charge >= 0.3 is 13.6 Å². The number of rotatable bonds is 12. The summed E-state index contributed by atoms with van der Waals surface area (Å²) in [7, 11) is -7.35. The molecule has 1 aromatic carbocycles. The number of benzene rings is 1. The van der Waals surface area contributed by atoms with E-state index in [-0.39, 0.29) is 42.5 Å². The molecule has 0 atom stereocenters. The number of aromatic nitrogens is 1. The third kappa shape index (κ3) is 8.34. The number of carbonyl (C=O) groups is 2. The van der Waals surface area contributed by atoms with Gasteiger partial charge in [0.25, 0.3) is 0 Å². The first-order valence-electron chi connectivity index (χ1n) is 11.0. The van der Waals surface area contributed by atoms with Crippen molar-refractivity contribution in [2.75, 3.05) is 30.5 Å². The number of esters is 1. The number of ketones is 1. The SMILES string of the molecule is CCOP(=O)(COc1cc2c(cc1NS(C)(=O)=O)c(C(C)=O)cn2CC(=O)OC(C)(C)C)OCC. The summed E-state index contributed by atoms with van der Waals surface area (Å²) < 4.78 is 62.3. The van der Waals surface area contributed by atoms with Gasteiger partial charge in [-0.15, -0.1) is 0 Å². The van der Waals surface area contributed by atoms with Crippen molar-refractivity contribution in [1.82, 2.24) is 4.57 Å². The van der Waals surface area contributed by atoms with Crippen LogP contribution in [0.15, 0.2) is 18.3 Å². The highest BCUT2D eigenvalue weighted by atomic mass is 32.2. The van der Waals surface area contributed by atoms with Gasteiger partial charge < -0.3 is 23.1 Å². The summed E-state index contributed by atoms with van der Waals surface area (Å²) in [5.74, 6) is -0.794. The third-order valence-corrected chi connectivity index (χ3v) is 6.75. The Kier molecular flexibility index (Phi) is 9.16. The lowest BCUT2D eigenvalue weighted by atomic mass is 10.1. The topological polar surface area (TPSA) is 139 Å². The summed E-state index contributed by atoms with van der Waals surface area (Å²) in [6, 6.07) is 2.89. The third-order valence-electron chi connectivity index (χ3n) is 4.41. The molecule has 1 N–H and O–H groups in total. The second-order valence-electron chi connectivity index (χ2n) is 8.77. The second-order valence-corrected chi connectivity index (χ2v) is 12.5. The Morgan fingerprint density at radius 2 is 1.71 bits per heavy atom. The molecule has 0 saturated heterocycles. The number of sulfonamides is 1. The highest BCUT2D eigenvalue weighted by Gasteiger charge is 2.27. The molecule has 0 bridgehead atoms. The number of hydrogen-bond donors (Lipinski definition) is 1. The Morgan fingerprint density at radius 1 is 1.11 bits per heavy atom. The first-order chi connectivity index (χ1) is 16.1. The zero-order valence-electron chi connectivity index (χ0n) is 21.0. The van der Waals surface area contributed by atoms with E-state index in [1.165, 1.54) is 29.8 Å². The fraction of sp³-hybridized carbons (Fsp3) is 0.545. The van der Waals surface area contributed by atoms with Crippen LogP contribution in [0.5, 0.6) is 5.75 Å². The van der Waals surface area contributed by atoms with Crippen LogP contribution < -0.4 is 9.46 Å². The maximum absolute atomic E-state index is 12.9. The van der Waals surface area contributed by atoms with E-state index in [9.17, 15) is 22.6 Å². The summed E-state index contributed by atoms with van der Waals surface area (Å²) in [6.45, 7) is 9.93. The van der Waals surface area contributed by atoms with Gasteiger partial charge in [-0.25, -0.2) is 8.42 Å². The van der Waals surface area contributed by atoms with Crippen molar-refractivity contribution in [2.45, 2.75) is 53.7 Å². The number of anilines is 1. The number of ether oxygens (including phenoxy) is 2. The number of hydrogen-bond acceptors (Lipinski definition) is 9. The van der Waals surface area contributed by atoms with Crippen LogP contribution in [0.4, 0.5) is 5.69 Å². The molecule has 0 radical (unpaired) electrons. The Labute approximate surface area is 205 Å². The van der Waals surface area contributed by atoms with Gasteiger partial charge in [-0.05, 0) is 47.6 Å². The monoisotopic (exact) mass is 532 g/mol. The summed E-state index contributed by atoms with van der Waals surface area (Å²) in [5, 5.41) is 0.400. The van der Waals surface area contributed by atoms with Gasteiger partial charge in [0.2, 0.25) is 10.0 Å². The molecule has 0 unspecified atom stereocenters. The van der Waals surface area contributed by atoms with Gasteiger partial charge in [0, 0.05) is 23.2 Å². The van der Waals surface area contributed by atoms with Crippen molar-refractivity contribution >= 4 is 46.0 Å². The second kappa shape index (κ2) is 11.1. The van der Waals surface area contributed by atoms with E-state index in [1.54, 1.807) is 34.6 Å². The molecular formula is C22H33N2O9PS. The minimum absolute atomic E-state index is 0.0150. The Balaban J connectivity index is 2.62. The largest absolute Gasteiger partial charge is 0.479 e. The molecule has 196 valence electrons. The summed E-state index contributed by atoms with van der Waals surface area (Å²) in [5.41, 5.74) is 0.0140. The Bertz CT molecular complexity index is 1240. The molecule has 0 saturated carbocycles. The van der Waals surface area contributed by atoms with Crippen molar-refractivity contribution in [2.24, 2.45) is 0 Å². The van der Waals surface area contributed by atoms with Crippen molar-refractivity contribution in [3.8, 4) is 5.75 Å². The van der Waals surface area contributed by atoms with E-state index in [2.05, 4.69) is 4.72 Å². The van der Waals surface area contributed by atoms with Crippen molar-refractivity contribution in [3.63, 3.8) is 0 Å². The molecule has 35 heavy (non-hydrogen) atoms. The van der Waals surface area contributed by atoms with Crippen LogP contribution in [0.2, 0.25) is 0 Å². The lowest BCUT2D eigenvalue weighted by Crippen LogP contribution is -2.26. The summed E-state index contributed by atoms with van der Waals surface area (Å²) in [6.07, 6.45) is 1.98. The van der Waals surface area contributed by atoms with E-state index in [0.717, 1.165) is 6.26 Å². The predicted molar refractivity (Wildman–Crippen MR) is 133 cm³/mol. The molecule has 1 heterocycles. The average Bonchev–Trinajstić information content (AvgIpc) is 3.01. The molecule has 13 heteroatoms. The molecule has 0 aliphatic heterocycles. The first kappa shape index (κ1) is 28.8. The van der Waals surface area contributed by atoms with E-state index in [0.29, 0.717) is 10.9 Å². The molecule has 0 aliphatic rings. The lowest BCUT2D eigenvalue weighted by Gasteiger charge is -2.20. The zero-order chi connectivity index (χ0) is 26.6. The smallest absolute Gasteiger partial charge is 0.367 e. The average molecular weight is 533 g/mol. The van der Waals surface area contributed by atoms with Crippen LogP contribution in [0.3, 0.4) is 0 Å². The van der Waals surface area contributed by atoms with E-state index in [1.807, 2.05) is 0 Å². The molecule has 2 rings (SSSR count). The molecule has 11 nitrogen and oxygen atoms in total. The Hall–Kier alpha value is -2.40. The predicted octanol–water partition coefficient (Wildman–Crippen LogP) is 4.16. The normalized spacial score (nSPS) is 12.5. The van der Waals surface area contributed by atoms with Crippen LogP contribution in [0.1, 0.15) is 51.9 Å². The van der Waals surface area contributed by atoms with Crippen molar-refractivity contribution in [3.05, 3.63) is 23.9 Å². The van der Waals surface area contributed by atoms with Crippen molar-refractivity contribution < 1.29 is 41.1 Å². The number of carbonyl (C=O) groups excluding carboxylic acids is 2. The summed E-state index contributed by atoms with van der Waals surface area (Å²) in [4.78, 5) is 24.8. The van der Waals surface area contributed by atoms with Gasteiger partial charge in [-0.3, -0.25) is 18.9 Å². The van der Waals surface area contributed by atoms with Gasteiger partial charge in [0.1, 0.15) is 17.9 Å². The highest BCUT2D eigenvalue weighted by Crippen LogP contribution is 2.48. The zero-order valence-corrected chi connectivity index (χ0v) is 22.7.